The molecule has 1 unspecified atom stereocenters. The van der Waals surface area contributed by atoms with Crippen LogP contribution in [-0.2, 0) is 28.6 Å². The van der Waals surface area contributed by atoms with Crippen molar-refractivity contribution in [3.05, 3.63) is 146 Å². The van der Waals surface area contributed by atoms with Crippen molar-refractivity contribution in [3.8, 4) is 0 Å². The Morgan fingerprint density at radius 2 is 0.506 bits per heavy atom. The first kappa shape index (κ1) is 74.3. The molecule has 0 aliphatic carbocycles. The summed E-state index contributed by atoms with van der Waals surface area (Å²) in [6.07, 6.45) is 94.3. The Bertz CT molecular complexity index is 1730. The van der Waals surface area contributed by atoms with E-state index in [9.17, 15) is 14.4 Å². The average Bonchev–Trinajstić information content (AvgIpc) is 3.45. The largest absolute Gasteiger partial charge is 0.462 e. The van der Waals surface area contributed by atoms with Gasteiger partial charge in [0.25, 0.3) is 0 Å². The second kappa shape index (κ2) is 65.8. The first-order valence-corrected chi connectivity index (χ1v) is 32.3. The molecule has 6 nitrogen and oxygen atoms in total. The van der Waals surface area contributed by atoms with Crippen LogP contribution >= 0.6 is 0 Å². The number of hydrogen-bond donors (Lipinski definition) is 0. The lowest BCUT2D eigenvalue weighted by molar-refractivity contribution is -0.167. The summed E-state index contributed by atoms with van der Waals surface area (Å²) >= 11 is 0. The number of allylic oxidation sites excluding steroid dienone is 24. The zero-order valence-corrected chi connectivity index (χ0v) is 51.1. The van der Waals surface area contributed by atoms with Gasteiger partial charge in [0.05, 0.1) is 0 Å². The van der Waals surface area contributed by atoms with Crippen LogP contribution in [0.25, 0.3) is 0 Å². The van der Waals surface area contributed by atoms with Crippen molar-refractivity contribution >= 4 is 17.9 Å². The lowest BCUT2D eigenvalue weighted by atomic mass is 10.1. The molecule has 0 spiro atoms. The zero-order chi connectivity index (χ0) is 57.1. The van der Waals surface area contributed by atoms with E-state index < -0.39 is 6.10 Å². The summed E-state index contributed by atoms with van der Waals surface area (Å²) in [7, 11) is 0. The number of carbonyl (C=O) groups is 3. The topological polar surface area (TPSA) is 78.9 Å². The second-order valence-electron chi connectivity index (χ2n) is 20.9. The fourth-order valence-electron chi connectivity index (χ4n) is 8.54. The van der Waals surface area contributed by atoms with Gasteiger partial charge >= 0.3 is 17.9 Å². The van der Waals surface area contributed by atoms with Crippen LogP contribution in [0.15, 0.2) is 146 Å². The predicted octanol–water partition coefficient (Wildman–Crippen LogP) is 22.3. The molecule has 1 atom stereocenters. The van der Waals surface area contributed by atoms with Crippen LogP contribution in [0.2, 0.25) is 0 Å². The van der Waals surface area contributed by atoms with E-state index in [0.717, 1.165) is 135 Å². The zero-order valence-electron chi connectivity index (χ0n) is 51.1. The predicted molar refractivity (Wildman–Crippen MR) is 343 cm³/mol. The van der Waals surface area contributed by atoms with Crippen molar-refractivity contribution in [2.75, 3.05) is 13.2 Å². The lowest BCUT2D eigenvalue weighted by Gasteiger charge is -2.18. The summed E-state index contributed by atoms with van der Waals surface area (Å²) in [4.78, 5) is 38.3. The van der Waals surface area contributed by atoms with Gasteiger partial charge in [0.15, 0.2) is 6.10 Å². The van der Waals surface area contributed by atoms with Crippen molar-refractivity contribution in [2.24, 2.45) is 0 Å². The van der Waals surface area contributed by atoms with Gasteiger partial charge in [-0.05, 0) is 135 Å². The molecule has 0 aliphatic heterocycles. The van der Waals surface area contributed by atoms with Gasteiger partial charge in [-0.2, -0.15) is 0 Å². The fraction of sp³-hybridized carbons (Fsp3) is 0.630. The average molecular weight is 1090 g/mol. The Morgan fingerprint density at radius 3 is 0.823 bits per heavy atom. The first-order chi connectivity index (χ1) is 39.0. The Kier molecular flexibility index (Phi) is 61.9. The molecule has 0 aromatic rings. The third kappa shape index (κ3) is 64.0. The third-order valence-electron chi connectivity index (χ3n) is 13.3. The van der Waals surface area contributed by atoms with Gasteiger partial charge in [0, 0.05) is 19.3 Å². The molecule has 0 saturated carbocycles. The minimum atomic E-state index is -0.820. The number of carbonyl (C=O) groups excluding carboxylic acids is 3. The van der Waals surface area contributed by atoms with Gasteiger partial charge in [0.1, 0.15) is 13.2 Å². The van der Waals surface area contributed by atoms with Crippen LogP contribution in [0.4, 0.5) is 0 Å². The van der Waals surface area contributed by atoms with E-state index in [1.807, 2.05) is 0 Å². The molecule has 0 amide bonds. The summed E-state index contributed by atoms with van der Waals surface area (Å²) in [5.41, 5.74) is 0. The Hall–Kier alpha value is -4.71. The van der Waals surface area contributed by atoms with Crippen LogP contribution in [0.5, 0.6) is 0 Å². The molecule has 0 aliphatic rings. The smallest absolute Gasteiger partial charge is 0.306 e. The standard InChI is InChI=1S/C73H118O6/c1-4-7-10-13-16-19-22-25-28-30-31-32-33-34-35-36-37-38-39-40-41-43-45-48-51-54-57-60-63-66-72(75)78-69-70(68-77-71(74)65-62-59-56-53-50-47-44-27-24-21-18-15-12-9-6-3)79-73(76)67-64-61-58-55-52-49-46-42-29-26-23-20-17-14-11-8-5-2/h7-8,10-11,16-17,19-20,25-29,31-32,34-35,37-38,44,46,49,55,58,70H,4-6,9,12-15,18,21-24,30,33,36,39-43,45,47-48,50-54,56-57,59-69H2,1-3H3/b10-7-,11-8-,19-16-,20-17-,28-25-,29-26-,32-31-,35-34-,38-37-,44-27-,49-46-,58-55-. The monoisotopic (exact) mass is 1090 g/mol. The summed E-state index contributed by atoms with van der Waals surface area (Å²) in [6, 6.07) is 0. The molecule has 0 saturated heterocycles. The molecule has 0 heterocycles. The highest BCUT2D eigenvalue weighted by Gasteiger charge is 2.19. The second-order valence-corrected chi connectivity index (χ2v) is 20.9. The van der Waals surface area contributed by atoms with E-state index in [1.54, 1.807) is 0 Å². The van der Waals surface area contributed by atoms with Crippen molar-refractivity contribution < 1.29 is 28.6 Å². The van der Waals surface area contributed by atoms with Crippen LogP contribution in [0.1, 0.15) is 278 Å². The van der Waals surface area contributed by atoms with Crippen molar-refractivity contribution in [2.45, 2.75) is 284 Å². The molecular weight excluding hydrogens is 973 g/mol. The fourth-order valence-corrected chi connectivity index (χ4v) is 8.54. The quantitative estimate of drug-likeness (QED) is 0.0261. The summed E-state index contributed by atoms with van der Waals surface area (Å²) < 4.78 is 16.9. The van der Waals surface area contributed by atoms with Gasteiger partial charge in [0.2, 0.25) is 0 Å². The van der Waals surface area contributed by atoms with Gasteiger partial charge < -0.3 is 14.2 Å². The van der Waals surface area contributed by atoms with E-state index >= 15 is 0 Å². The van der Waals surface area contributed by atoms with Crippen LogP contribution in [-0.4, -0.2) is 37.2 Å². The van der Waals surface area contributed by atoms with E-state index in [0.29, 0.717) is 19.3 Å². The van der Waals surface area contributed by atoms with Crippen molar-refractivity contribution in [1.82, 2.24) is 0 Å². The van der Waals surface area contributed by atoms with Crippen LogP contribution < -0.4 is 0 Å². The van der Waals surface area contributed by atoms with Gasteiger partial charge in [-0.3, -0.25) is 14.4 Å². The highest BCUT2D eigenvalue weighted by Crippen LogP contribution is 2.15. The van der Waals surface area contributed by atoms with Crippen molar-refractivity contribution in [3.63, 3.8) is 0 Å². The number of hydrogen-bond acceptors (Lipinski definition) is 6. The molecule has 0 radical (unpaired) electrons. The lowest BCUT2D eigenvalue weighted by Crippen LogP contribution is -2.30. The number of rotatable bonds is 57. The maximum Gasteiger partial charge on any atom is 0.306 e. The van der Waals surface area contributed by atoms with Crippen molar-refractivity contribution in [1.29, 1.82) is 0 Å². The van der Waals surface area contributed by atoms with Gasteiger partial charge in [-0.25, -0.2) is 0 Å². The van der Waals surface area contributed by atoms with Crippen LogP contribution in [0.3, 0.4) is 0 Å². The SMILES string of the molecule is CC/C=C\C/C=C\C/C=C\C/C=C\C/C=C\C/C=C\CCCCCCCCCCCCC(=O)OCC(COC(=O)CCCCCCC/C=C\CCCCCCCC)OC(=O)CCC/C=C\C/C=C\C/C=C\C/C=C\C/C=C\CC. The summed E-state index contributed by atoms with van der Waals surface area (Å²) in [5, 5.41) is 0. The maximum absolute atomic E-state index is 12.9. The van der Waals surface area contributed by atoms with E-state index in [4.69, 9.17) is 14.2 Å². The molecule has 0 aromatic carbocycles. The highest BCUT2D eigenvalue weighted by atomic mass is 16.6. The maximum atomic E-state index is 12.9. The summed E-state index contributed by atoms with van der Waals surface area (Å²) in [5.74, 6) is -0.981. The molecule has 446 valence electrons. The molecular formula is C73H118O6. The minimum Gasteiger partial charge on any atom is -0.462 e. The first-order valence-electron chi connectivity index (χ1n) is 32.3. The molecule has 79 heavy (non-hydrogen) atoms. The molecule has 0 aromatic heterocycles. The van der Waals surface area contributed by atoms with E-state index in [-0.39, 0.29) is 37.5 Å². The Morgan fingerprint density at radius 1 is 0.266 bits per heavy atom. The molecule has 0 bridgehead atoms. The Balaban J connectivity index is 4.40. The summed E-state index contributed by atoms with van der Waals surface area (Å²) in [6.45, 7) is 6.35. The molecule has 0 N–H and O–H groups in total. The minimum absolute atomic E-state index is 0.110. The van der Waals surface area contributed by atoms with E-state index in [2.05, 4.69) is 167 Å². The highest BCUT2D eigenvalue weighted by molar-refractivity contribution is 5.71. The number of unbranched alkanes of at least 4 members (excludes halogenated alkanes) is 22. The van der Waals surface area contributed by atoms with Gasteiger partial charge in [-0.1, -0.05) is 269 Å². The molecule has 0 rings (SSSR count). The number of esters is 3. The van der Waals surface area contributed by atoms with Gasteiger partial charge in [-0.15, -0.1) is 0 Å². The Labute approximate surface area is 487 Å². The third-order valence-corrected chi connectivity index (χ3v) is 13.3. The van der Waals surface area contributed by atoms with Crippen LogP contribution in [0, 0.1) is 0 Å². The van der Waals surface area contributed by atoms with E-state index in [1.165, 1.54) is 96.3 Å². The molecule has 6 heteroatoms. The normalized spacial score (nSPS) is 13.1. The number of ether oxygens (including phenoxy) is 3. The molecule has 0 fully saturated rings.